The summed E-state index contributed by atoms with van der Waals surface area (Å²) in [6.07, 6.45) is 1.77. The third kappa shape index (κ3) is 5.53. The number of hydrazine groups is 1. The molecule has 0 atom stereocenters. The van der Waals surface area contributed by atoms with Crippen LogP contribution < -0.4 is 15.6 Å². The van der Waals surface area contributed by atoms with E-state index in [0.717, 1.165) is 18.4 Å². The molecule has 1 fully saturated rings. The normalized spacial score (nSPS) is 13.8. The Morgan fingerprint density at radius 2 is 1.59 bits per heavy atom. The number of benzene rings is 2. The van der Waals surface area contributed by atoms with Gasteiger partial charge in [-0.15, -0.1) is 0 Å². The highest BCUT2D eigenvalue weighted by Gasteiger charge is 2.27. The zero-order valence-electron chi connectivity index (χ0n) is 14.2. The second-order valence-corrected chi connectivity index (χ2v) is 8.38. The molecule has 0 aliphatic heterocycles. The molecule has 2 aromatic rings. The van der Waals surface area contributed by atoms with Gasteiger partial charge in [-0.1, -0.05) is 23.7 Å². The van der Waals surface area contributed by atoms with Gasteiger partial charge in [0.05, 0.1) is 11.3 Å². The standard InChI is InChI=1S/C18H18ClN3O4S/c19-14-5-1-12(2-6-14)11-17(23)20-21-18(24)13-3-9-16(10-4-13)27(25,26)22-15-7-8-15/h1-6,9-10,15,22H,7-8,11H2,(H,20,23)(H,21,24). The van der Waals surface area contributed by atoms with Crippen LogP contribution in [0, 0.1) is 0 Å². The highest BCUT2D eigenvalue weighted by molar-refractivity contribution is 7.89. The topological polar surface area (TPSA) is 104 Å². The van der Waals surface area contributed by atoms with Crippen LogP contribution in [0.3, 0.4) is 0 Å². The highest BCUT2D eigenvalue weighted by Crippen LogP contribution is 2.22. The van der Waals surface area contributed by atoms with Crippen molar-refractivity contribution < 1.29 is 18.0 Å². The Bertz CT molecular complexity index is 940. The Morgan fingerprint density at radius 1 is 0.963 bits per heavy atom. The molecule has 9 heteroatoms. The Kier molecular flexibility index (Phi) is 5.79. The Morgan fingerprint density at radius 3 is 2.19 bits per heavy atom. The van der Waals surface area contributed by atoms with Gasteiger partial charge in [0.25, 0.3) is 5.91 Å². The first kappa shape index (κ1) is 19.3. The van der Waals surface area contributed by atoms with Crippen molar-refractivity contribution >= 4 is 33.4 Å². The van der Waals surface area contributed by atoms with Crippen LogP contribution in [0.4, 0.5) is 0 Å². The van der Waals surface area contributed by atoms with E-state index in [-0.39, 0.29) is 22.9 Å². The summed E-state index contributed by atoms with van der Waals surface area (Å²) >= 11 is 5.79. The number of amides is 2. The summed E-state index contributed by atoms with van der Waals surface area (Å²) in [7, 11) is -3.56. The second-order valence-electron chi connectivity index (χ2n) is 6.23. The zero-order chi connectivity index (χ0) is 19.4. The van der Waals surface area contributed by atoms with Crippen molar-refractivity contribution in [3.05, 3.63) is 64.7 Å². The third-order valence-electron chi connectivity index (χ3n) is 3.92. The number of carbonyl (C=O) groups is 2. The minimum atomic E-state index is -3.56. The quantitative estimate of drug-likeness (QED) is 0.635. The molecule has 0 aromatic heterocycles. The number of nitrogens with one attached hydrogen (secondary N) is 3. The number of hydrogen-bond donors (Lipinski definition) is 3. The van der Waals surface area contributed by atoms with Crippen molar-refractivity contribution in [1.82, 2.24) is 15.6 Å². The molecule has 0 unspecified atom stereocenters. The molecule has 1 aliphatic rings. The number of hydrogen-bond acceptors (Lipinski definition) is 4. The molecule has 0 bridgehead atoms. The summed E-state index contributed by atoms with van der Waals surface area (Å²) in [4.78, 5) is 24.1. The first-order chi connectivity index (χ1) is 12.8. The fourth-order valence-electron chi connectivity index (χ4n) is 2.30. The van der Waals surface area contributed by atoms with Crippen LogP contribution in [0.2, 0.25) is 5.02 Å². The molecule has 0 heterocycles. The first-order valence-electron chi connectivity index (χ1n) is 8.29. The monoisotopic (exact) mass is 407 g/mol. The summed E-state index contributed by atoms with van der Waals surface area (Å²) in [5.41, 5.74) is 5.60. The van der Waals surface area contributed by atoms with E-state index in [4.69, 9.17) is 11.6 Å². The van der Waals surface area contributed by atoms with Gasteiger partial charge in [-0.05, 0) is 54.8 Å². The van der Waals surface area contributed by atoms with E-state index in [1.807, 2.05) is 0 Å². The zero-order valence-corrected chi connectivity index (χ0v) is 15.8. The predicted octanol–water partition coefficient (Wildman–Crippen LogP) is 1.78. The van der Waals surface area contributed by atoms with Crippen molar-refractivity contribution in [3.63, 3.8) is 0 Å². The van der Waals surface area contributed by atoms with Crippen molar-refractivity contribution in [2.24, 2.45) is 0 Å². The fourth-order valence-corrected chi connectivity index (χ4v) is 3.74. The largest absolute Gasteiger partial charge is 0.273 e. The summed E-state index contributed by atoms with van der Waals surface area (Å²) in [5.74, 6) is -0.933. The lowest BCUT2D eigenvalue weighted by Crippen LogP contribution is -2.42. The van der Waals surface area contributed by atoms with Crippen LogP contribution in [0.5, 0.6) is 0 Å². The van der Waals surface area contributed by atoms with Crippen LogP contribution in [0.25, 0.3) is 0 Å². The second kappa shape index (κ2) is 8.08. The average Bonchev–Trinajstić information content (AvgIpc) is 3.45. The van der Waals surface area contributed by atoms with Gasteiger partial charge in [0.1, 0.15) is 0 Å². The van der Waals surface area contributed by atoms with Gasteiger partial charge in [0.2, 0.25) is 15.9 Å². The molecule has 2 aromatic carbocycles. The molecule has 2 amide bonds. The number of halogens is 1. The lowest BCUT2D eigenvalue weighted by molar-refractivity contribution is -0.121. The van der Waals surface area contributed by atoms with Crippen molar-refractivity contribution in [3.8, 4) is 0 Å². The van der Waals surface area contributed by atoms with Crippen molar-refractivity contribution in [2.45, 2.75) is 30.2 Å². The number of carbonyl (C=O) groups excluding carboxylic acids is 2. The maximum atomic E-state index is 12.1. The highest BCUT2D eigenvalue weighted by atomic mass is 35.5. The lowest BCUT2D eigenvalue weighted by atomic mass is 10.1. The molecule has 0 spiro atoms. The van der Waals surface area contributed by atoms with Crippen LogP contribution in [-0.4, -0.2) is 26.3 Å². The smallest absolute Gasteiger partial charge is 0.269 e. The first-order valence-corrected chi connectivity index (χ1v) is 10.2. The predicted molar refractivity (Wildman–Crippen MR) is 101 cm³/mol. The maximum Gasteiger partial charge on any atom is 0.269 e. The van der Waals surface area contributed by atoms with Crippen LogP contribution >= 0.6 is 11.6 Å². The molecule has 0 saturated heterocycles. The van der Waals surface area contributed by atoms with E-state index < -0.39 is 21.8 Å². The van der Waals surface area contributed by atoms with Gasteiger partial charge < -0.3 is 0 Å². The van der Waals surface area contributed by atoms with Gasteiger partial charge >= 0.3 is 0 Å². The number of rotatable bonds is 6. The van der Waals surface area contributed by atoms with Crippen molar-refractivity contribution in [1.29, 1.82) is 0 Å². The molecule has 142 valence electrons. The Labute approximate surface area is 162 Å². The molecule has 3 N–H and O–H groups in total. The van der Waals surface area contributed by atoms with Gasteiger partial charge in [0, 0.05) is 16.6 Å². The molecule has 1 saturated carbocycles. The van der Waals surface area contributed by atoms with E-state index >= 15 is 0 Å². The molecule has 3 rings (SSSR count). The van der Waals surface area contributed by atoms with Crippen molar-refractivity contribution in [2.75, 3.05) is 0 Å². The maximum absolute atomic E-state index is 12.1. The molecule has 27 heavy (non-hydrogen) atoms. The SMILES string of the molecule is O=C(Cc1ccc(Cl)cc1)NNC(=O)c1ccc(S(=O)(=O)NC2CC2)cc1. The van der Waals surface area contributed by atoms with E-state index in [1.165, 1.54) is 24.3 Å². The minimum absolute atomic E-state index is 0.00817. The molecular weight excluding hydrogens is 390 g/mol. The Balaban J connectivity index is 1.53. The number of sulfonamides is 1. The minimum Gasteiger partial charge on any atom is -0.273 e. The van der Waals surface area contributed by atoms with Crippen LogP contribution in [0.1, 0.15) is 28.8 Å². The van der Waals surface area contributed by atoms with E-state index in [2.05, 4.69) is 15.6 Å². The third-order valence-corrected chi connectivity index (χ3v) is 5.71. The summed E-state index contributed by atoms with van der Waals surface area (Å²) in [5, 5.41) is 0.574. The molecule has 1 aliphatic carbocycles. The average molecular weight is 408 g/mol. The van der Waals surface area contributed by atoms with Gasteiger partial charge in [-0.2, -0.15) is 0 Å². The molecule has 0 radical (unpaired) electrons. The Hall–Kier alpha value is -2.42. The van der Waals surface area contributed by atoms with Gasteiger partial charge in [-0.25, -0.2) is 13.1 Å². The summed E-state index contributed by atoms with van der Waals surface area (Å²) in [6.45, 7) is 0. The van der Waals surface area contributed by atoms with Crippen LogP contribution in [0.15, 0.2) is 53.4 Å². The summed E-state index contributed by atoms with van der Waals surface area (Å²) < 4.78 is 26.8. The molecule has 7 nitrogen and oxygen atoms in total. The summed E-state index contributed by atoms with van der Waals surface area (Å²) in [6, 6.07) is 12.3. The molecular formula is C18H18ClN3O4S. The lowest BCUT2D eigenvalue weighted by Gasteiger charge is -2.09. The van der Waals surface area contributed by atoms with E-state index in [9.17, 15) is 18.0 Å². The van der Waals surface area contributed by atoms with E-state index in [1.54, 1.807) is 24.3 Å². The van der Waals surface area contributed by atoms with Crippen LogP contribution in [-0.2, 0) is 21.2 Å². The van der Waals surface area contributed by atoms with E-state index in [0.29, 0.717) is 5.02 Å². The fraction of sp³-hybridized carbons (Fsp3) is 0.222. The van der Waals surface area contributed by atoms with Gasteiger partial charge in [-0.3, -0.25) is 20.4 Å². The van der Waals surface area contributed by atoms with Gasteiger partial charge in [0.15, 0.2) is 0 Å².